The van der Waals surface area contributed by atoms with Gasteiger partial charge in [0.25, 0.3) is 0 Å². The number of hydrogen-bond donors (Lipinski definition) is 2. The van der Waals surface area contributed by atoms with Crippen molar-refractivity contribution in [2.45, 2.75) is 13.5 Å². The smallest absolute Gasteiger partial charge is 0.319 e. The molecule has 1 aromatic heterocycles. The Morgan fingerprint density at radius 3 is 2.71 bits per heavy atom. The zero-order valence-electron chi connectivity index (χ0n) is 12.9. The van der Waals surface area contributed by atoms with Crippen LogP contribution in [0, 0.1) is 6.92 Å². The van der Waals surface area contributed by atoms with Crippen molar-refractivity contribution in [3.63, 3.8) is 0 Å². The van der Waals surface area contributed by atoms with E-state index < -0.39 is 0 Å². The molecule has 0 radical (unpaired) electrons. The predicted octanol–water partition coefficient (Wildman–Crippen LogP) is 4.02. The molecule has 0 atom stereocenters. The molecule has 0 saturated carbocycles. The lowest BCUT2D eigenvalue weighted by atomic mass is 10.1. The zero-order chi connectivity index (χ0) is 16.9. The first-order valence-corrected chi connectivity index (χ1v) is 7.68. The van der Waals surface area contributed by atoms with Gasteiger partial charge in [0.15, 0.2) is 0 Å². The number of anilines is 1. The van der Waals surface area contributed by atoms with E-state index in [9.17, 15) is 4.79 Å². The second-order valence-corrected chi connectivity index (χ2v) is 5.62. The molecule has 122 valence electrons. The van der Waals surface area contributed by atoms with E-state index in [4.69, 9.17) is 16.0 Å². The van der Waals surface area contributed by atoms with Gasteiger partial charge in [0, 0.05) is 16.3 Å². The highest BCUT2D eigenvalue weighted by molar-refractivity contribution is 6.30. The Morgan fingerprint density at radius 1 is 1.17 bits per heavy atom. The van der Waals surface area contributed by atoms with Crippen LogP contribution >= 0.6 is 11.6 Å². The Kier molecular flexibility index (Phi) is 4.77. The van der Waals surface area contributed by atoms with Crippen LogP contribution in [0.2, 0.25) is 5.02 Å². The third-order valence-corrected chi connectivity index (χ3v) is 3.49. The number of hydrogen-bond acceptors (Lipinski definition) is 4. The standard InChI is InChI=1S/C17H15ClN4O2/c1-11-3-2-4-12(9-11)16-22-21-15(24-16)10-19-17(23)20-14-7-5-13(18)6-8-14/h2-9H,10H2,1H3,(H2,19,20,23). The lowest BCUT2D eigenvalue weighted by Crippen LogP contribution is -2.28. The van der Waals surface area contributed by atoms with Gasteiger partial charge < -0.3 is 15.1 Å². The highest BCUT2D eigenvalue weighted by Crippen LogP contribution is 2.18. The van der Waals surface area contributed by atoms with Crippen LogP contribution in [0.3, 0.4) is 0 Å². The molecule has 2 aromatic carbocycles. The van der Waals surface area contributed by atoms with E-state index >= 15 is 0 Å². The van der Waals surface area contributed by atoms with Gasteiger partial charge in [-0.1, -0.05) is 29.3 Å². The topological polar surface area (TPSA) is 80.0 Å². The van der Waals surface area contributed by atoms with Gasteiger partial charge in [0.1, 0.15) is 0 Å². The lowest BCUT2D eigenvalue weighted by Gasteiger charge is -2.05. The zero-order valence-corrected chi connectivity index (χ0v) is 13.7. The number of aryl methyl sites for hydroxylation is 1. The van der Waals surface area contributed by atoms with Gasteiger partial charge >= 0.3 is 6.03 Å². The van der Waals surface area contributed by atoms with E-state index in [0.29, 0.717) is 22.5 Å². The summed E-state index contributed by atoms with van der Waals surface area (Å²) in [5.74, 6) is 0.756. The lowest BCUT2D eigenvalue weighted by molar-refractivity contribution is 0.250. The number of carbonyl (C=O) groups is 1. The van der Waals surface area contributed by atoms with Crippen LogP contribution in [0.25, 0.3) is 11.5 Å². The fourth-order valence-corrected chi connectivity index (χ4v) is 2.21. The van der Waals surface area contributed by atoms with E-state index in [-0.39, 0.29) is 12.6 Å². The first-order chi connectivity index (χ1) is 11.6. The molecule has 3 rings (SSSR count). The second kappa shape index (κ2) is 7.14. The summed E-state index contributed by atoms with van der Waals surface area (Å²) < 4.78 is 5.56. The molecule has 1 heterocycles. The Hall–Kier alpha value is -2.86. The fourth-order valence-electron chi connectivity index (χ4n) is 2.08. The van der Waals surface area contributed by atoms with Gasteiger partial charge in [-0.3, -0.25) is 0 Å². The second-order valence-electron chi connectivity index (χ2n) is 5.19. The third kappa shape index (κ3) is 4.11. The maximum Gasteiger partial charge on any atom is 0.319 e. The van der Waals surface area contributed by atoms with Gasteiger partial charge in [-0.15, -0.1) is 10.2 Å². The highest BCUT2D eigenvalue weighted by atomic mass is 35.5. The number of aromatic nitrogens is 2. The number of benzene rings is 2. The van der Waals surface area contributed by atoms with Crippen molar-refractivity contribution in [1.82, 2.24) is 15.5 Å². The highest BCUT2D eigenvalue weighted by Gasteiger charge is 2.10. The Labute approximate surface area is 143 Å². The first-order valence-electron chi connectivity index (χ1n) is 7.30. The molecular weight excluding hydrogens is 328 g/mol. The van der Waals surface area contributed by atoms with Crippen molar-refractivity contribution in [1.29, 1.82) is 0 Å². The number of carbonyl (C=O) groups excluding carboxylic acids is 1. The van der Waals surface area contributed by atoms with Crippen molar-refractivity contribution in [2.75, 3.05) is 5.32 Å². The molecular formula is C17H15ClN4O2. The Morgan fingerprint density at radius 2 is 1.96 bits per heavy atom. The van der Waals surface area contributed by atoms with Gasteiger partial charge in [0.2, 0.25) is 11.8 Å². The van der Waals surface area contributed by atoms with Crippen molar-refractivity contribution in [2.24, 2.45) is 0 Å². The summed E-state index contributed by atoms with van der Waals surface area (Å²) in [5, 5.41) is 13.9. The molecule has 6 nitrogen and oxygen atoms in total. The normalized spacial score (nSPS) is 10.4. The molecule has 24 heavy (non-hydrogen) atoms. The molecule has 0 aliphatic carbocycles. The predicted molar refractivity (Wildman–Crippen MR) is 91.8 cm³/mol. The van der Waals surface area contributed by atoms with E-state index in [0.717, 1.165) is 11.1 Å². The number of rotatable bonds is 4. The van der Waals surface area contributed by atoms with E-state index in [2.05, 4.69) is 20.8 Å². The average molecular weight is 343 g/mol. The number of urea groups is 1. The van der Waals surface area contributed by atoms with Crippen molar-refractivity contribution in [3.05, 3.63) is 65.0 Å². The van der Waals surface area contributed by atoms with Crippen LogP contribution in [0.1, 0.15) is 11.5 Å². The van der Waals surface area contributed by atoms with Crippen molar-refractivity contribution < 1.29 is 9.21 Å². The van der Waals surface area contributed by atoms with Crippen LogP contribution < -0.4 is 10.6 Å². The van der Waals surface area contributed by atoms with Gasteiger partial charge in [0.05, 0.1) is 6.54 Å². The Bertz CT molecular complexity index is 846. The van der Waals surface area contributed by atoms with Crippen LogP contribution in [-0.4, -0.2) is 16.2 Å². The van der Waals surface area contributed by atoms with Crippen LogP contribution in [-0.2, 0) is 6.54 Å². The number of amides is 2. The van der Waals surface area contributed by atoms with E-state index in [1.165, 1.54) is 0 Å². The monoisotopic (exact) mass is 342 g/mol. The number of nitrogens with one attached hydrogen (secondary N) is 2. The summed E-state index contributed by atoms with van der Waals surface area (Å²) >= 11 is 5.80. The third-order valence-electron chi connectivity index (χ3n) is 3.23. The Balaban J connectivity index is 1.57. The molecule has 0 aliphatic heterocycles. The molecule has 0 aliphatic rings. The van der Waals surface area contributed by atoms with Gasteiger partial charge in [-0.2, -0.15) is 0 Å². The molecule has 2 amide bonds. The van der Waals surface area contributed by atoms with Gasteiger partial charge in [-0.25, -0.2) is 4.79 Å². The summed E-state index contributed by atoms with van der Waals surface area (Å²) in [5.41, 5.74) is 2.59. The van der Waals surface area contributed by atoms with E-state index in [1.54, 1.807) is 24.3 Å². The number of nitrogens with zero attached hydrogens (tertiary/aromatic N) is 2. The molecule has 0 spiro atoms. The average Bonchev–Trinajstić information content (AvgIpc) is 3.04. The van der Waals surface area contributed by atoms with Crippen molar-refractivity contribution in [3.8, 4) is 11.5 Å². The summed E-state index contributed by atoms with van der Waals surface area (Å²) in [7, 11) is 0. The maximum absolute atomic E-state index is 11.8. The van der Waals surface area contributed by atoms with Gasteiger partial charge in [-0.05, 0) is 43.3 Å². The molecule has 7 heteroatoms. The summed E-state index contributed by atoms with van der Waals surface area (Å²) in [6, 6.07) is 14.2. The van der Waals surface area contributed by atoms with Crippen LogP contribution in [0.15, 0.2) is 52.9 Å². The minimum atomic E-state index is -0.368. The summed E-state index contributed by atoms with van der Waals surface area (Å²) in [6.07, 6.45) is 0. The van der Waals surface area contributed by atoms with E-state index in [1.807, 2.05) is 31.2 Å². The molecule has 0 unspecified atom stereocenters. The molecule has 2 N–H and O–H groups in total. The first kappa shape index (κ1) is 16.0. The number of halogens is 1. The minimum Gasteiger partial charge on any atom is -0.419 e. The maximum atomic E-state index is 11.8. The summed E-state index contributed by atoms with van der Waals surface area (Å²) in [6.45, 7) is 2.13. The molecule has 3 aromatic rings. The SMILES string of the molecule is Cc1cccc(-c2nnc(CNC(=O)Nc3ccc(Cl)cc3)o2)c1. The summed E-state index contributed by atoms with van der Waals surface area (Å²) in [4.78, 5) is 11.8. The van der Waals surface area contributed by atoms with Crippen LogP contribution in [0.4, 0.5) is 10.5 Å². The fraction of sp³-hybridized carbons (Fsp3) is 0.118. The molecule has 0 fully saturated rings. The molecule has 0 bridgehead atoms. The minimum absolute atomic E-state index is 0.137. The van der Waals surface area contributed by atoms with Crippen LogP contribution in [0.5, 0.6) is 0 Å². The largest absolute Gasteiger partial charge is 0.419 e. The molecule has 0 saturated heterocycles. The van der Waals surface area contributed by atoms with Crippen molar-refractivity contribution >= 4 is 23.3 Å². The quantitative estimate of drug-likeness (QED) is 0.750.